The molecule has 0 bridgehead atoms. The number of nitrogens with one attached hydrogen (secondary N) is 1. The van der Waals surface area contributed by atoms with E-state index in [1.54, 1.807) is 12.1 Å². The Kier molecular flexibility index (Phi) is 6.35. The Balaban J connectivity index is 1.85. The molecule has 0 heterocycles. The lowest BCUT2D eigenvalue weighted by atomic mass is 10.1. The quantitative estimate of drug-likeness (QED) is 0.591. The predicted molar refractivity (Wildman–Crippen MR) is 110 cm³/mol. The van der Waals surface area contributed by atoms with Gasteiger partial charge in [0.15, 0.2) is 5.75 Å². The van der Waals surface area contributed by atoms with Crippen LogP contribution in [0.4, 0.5) is 5.69 Å². The maximum atomic E-state index is 12.8. The van der Waals surface area contributed by atoms with E-state index in [1.807, 2.05) is 48.5 Å². The molecule has 6 heteroatoms. The van der Waals surface area contributed by atoms with Gasteiger partial charge in [-0.3, -0.25) is 4.79 Å². The summed E-state index contributed by atoms with van der Waals surface area (Å²) in [7, 11) is 0. The number of nitrogens with two attached hydrogens (primary N) is 1. The molecule has 4 nitrogen and oxygen atoms in total. The summed E-state index contributed by atoms with van der Waals surface area (Å²) in [5, 5.41) is 3.47. The Labute approximate surface area is 167 Å². The third kappa shape index (κ3) is 5.01. The van der Waals surface area contributed by atoms with Crippen LogP contribution in [0.2, 0.25) is 10.0 Å². The fourth-order valence-electron chi connectivity index (χ4n) is 2.58. The van der Waals surface area contributed by atoms with Crippen molar-refractivity contribution >= 4 is 34.8 Å². The summed E-state index contributed by atoms with van der Waals surface area (Å²) in [6.45, 7) is 0.670. The molecule has 3 aromatic rings. The molecule has 138 valence electrons. The van der Waals surface area contributed by atoms with Gasteiger partial charge in [0.1, 0.15) is 6.61 Å². The van der Waals surface area contributed by atoms with E-state index in [2.05, 4.69) is 5.32 Å². The van der Waals surface area contributed by atoms with Gasteiger partial charge in [0.05, 0.1) is 10.6 Å². The zero-order chi connectivity index (χ0) is 19.2. The Morgan fingerprint density at radius 3 is 2.44 bits per heavy atom. The number of hydrogen-bond donors (Lipinski definition) is 2. The molecule has 0 aromatic heterocycles. The summed E-state index contributed by atoms with van der Waals surface area (Å²) in [6, 6.07) is 20.0. The van der Waals surface area contributed by atoms with Crippen LogP contribution in [-0.4, -0.2) is 5.91 Å². The molecular formula is C21H18Cl2N2O2. The van der Waals surface area contributed by atoms with E-state index >= 15 is 0 Å². The van der Waals surface area contributed by atoms with Crippen molar-refractivity contribution in [1.29, 1.82) is 0 Å². The molecule has 0 aliphatic carbocycles. The normalized spacial score (nSPS) is 10.5. The average molecular weight is 401 g/mol. The van der Waals surface area contributed by atoms with Crippen LogP contribution in [0.25, 0.3) is 0 Å². The van der Waals surface area contributed by atoms with Crippen molar-refractivity contribution in [2.45, 2.75) is 13.2 Å². The number of amides is 1. The molecule has 27 heavy (non-hydrogen) atoms. The lowest BCUT2D eigenvalue weighted by Gasteiger charge is -2.14. The smallest absolute Gasteiger partial charge is 0.259 e. The van der Waals surface area contributed by atoms with Crippen molar-refractivity contribution in [2.75, 3.05) is 5.32 Å². The lowest BCUT2D eigenvalue weighted by Crippen LogP contribution is -2.14. The number of carbonyl (C=O) groups excluding carboxylic acids is 1. The van der Waals surface area contributed by atoms with Gasteiger partial charge >= 0.3 is 0 Å². The van der Waals surface area contributed by atoms with Crippen molar-refractivity contribution in [3.63, 3.8) is 0 Å². The molecule has 0 unspecified atom stereocenters. The van der Waals surface area contributed by atoms with E-state index in [1.165, 1.54) is 6.07 Å². The van der Waals surface area contributed by atoms with Crippen LogP contribution in [0, 0.1) is 0 Å². The Morgan fingerprint density at radius 1 is 0.963 bits per heavy atom. The van der Waals surface area contributed by atoms with Crippen molar-refractivity contribution in [1.82, 2.24) is 0 Å². The van der Waals surface area contributed by atoms with Crippen LogP contribution in [-0.2, 0) is 13.2 Å². The molecule has 3 N–H and O–H groups in total. The van der Waals surface area contributed by atoms with Crippen LogP contribution in [0.1, 0.15) is 21.5 Å². The molecule has 0 spiro atoms. The molecule has 3 rings (SSSR count). The highest BCUT2D eigenvalue weighted by Crippen LogP contribution is 2.33. The first-order valence-corrected chi connectivity index (χ1v) is 9.08. The SMILES string of the molecule is NCc1cccc(NC(=O)c2cc(Cl)cc(Cl)c2OCc2ccccc2)c1. The summed E-state index contributed by atoms with van der Waals surface area (Å²) in [6.07, 6.45) is 0. The summed E-state index contributed by atoms with van der Waals surface area (Å²) in [4.78, 5) is 12.8. The highest BCUT2D eigenvalue weighted by atomic mass is 35.5. The molecular weight excluding hydrogens is 383 g/mol. The fraction of sp³-hybridized carbons (Fsp3) is 0.0952. The van der Waals surface area contributed by atoms with Crippen LogP contribution in [0.3, 0.4) is 0 Å². The Bertz CT molecular complexity index is 946. The van der Waals surface area contributed by atoms with E-state index in [0.29, 0.717) is 17.3 Å². The van der Waals surface area contributed by atoms with Gasteiger partial charge in [-0.15, -0.1) is 0 Å². The van der Waals surface area contributed by atoms with Crippen molar-refractivity contribution < 1.29 is 9.53 Å². The van der Waals surface area contributed by atoms with Gasteiger partial charge in [-0.2, -0.15) is 0 Å². The zero-order valence-electron chi connectivity index (χ0n) is 14.4. The second-order valence-electron chi connectivity index (χ2n) is 5.90. The van der Waals surface area contributed by atoms with Gasteiger partial charge in [0.2, 0.25) is 0 Å². The number of benzene rings is 3. The Morgan fingerprint density at radius 2 is 1.70 bits per heavy atom. The summed E-state index contributed by atoms with van der Waals surface area (Å²) < 4.78 is 5.84. The van der Waals surface area contributed by atoms with Gasteiger partial charge in [-0.1, -0.05) is 65.7 Å². The second kappa shape index (κ2) is 8.91. The Hall–Kier alpha value is -2.53. The van der Waals surface area contributed by atoms with Gasteiger partial charge < -0.3 is 15.8 Å². The maximum absolute atomic E-state index is 12.8. The van der Waals surface area contributed by atoms with Gasteiger partial charge in [-0.05, 0) is 35.4 Å². The highest BCUT2D eigenvalue weighted by Gasteiger charge is 2.18. The van der Waals surface area contributed by atoms with E-state index < -0.39 is 0 Å². The molecule has 3 aromatic carbocycles. The van der Waals surface area contributed by atoms with E-state index in [9.17, 15) is 4.79 Å². The minimum absolute atomic E-state index is 0.265. The number of hydrogen-bond acceptors (Lipinski definition) is 3. The molecule has 0 radical (unpaired) electrons. The van der Waals surface area contributed by atoms with Gasteiger partial charge in [0.25, 0.3) is 5.91 Å². The molecule has 0 aliphatic rings. The second-order valence-corrected chi connectivity index (χ2v) is 6.74. The first-order valence-electron chi connectivity index (χ1n) is 8.33. The van der Waals surface area contributed by atoms with Crippen LogP contribution in [0.5, 0.6) is 5.75 Å². The first kappa shape index (κ1) is 19.2. The standard InChI is InChI=1S/C21H18Cl2N2O2/c22-16-10-18(21(26)25-17-8-4-7-15(9-17)12-24)20(19(23)11-16)27-13-14-5-2-1-3-6-14/h1-11H,12-13,24H2,(H,25,26). The molecule has 0 fully saturated rings. The molecule has 0 saturated heterocycles. The third-order valence-electron chi connectivity index (χ3n) is 3.90. The van der Waals surface area contributed by atoms with Crippen LogP contribution < -0.4 is 15.8 Å². The average Bonchev–Trinajstić information content (AvgIpc) is 2.67. The van der Waals surface area contributed by atoms with E-state index in [4.69, 9.17) is 33.7 Å². The van der Waals surface area contributed by atoms with Crippen LogP contribution in [0.15, 0.2) is 66.7 Å². The fourth-order valence-corrected chi connectivity index (χ4v) is 3.13. The number of ether oxygens (including phenoxy) is 1. The minimum Gasteiger partial charge on any atom is -0.486 e. The number of rotatable bonds is 6. The van der Waals surface area contributed by atoms with Crippen LogP contribution >= 0.6 is 23.2 Å². The summed E-state index contributed by atoms with van der Waals surface area (Å²) in [5.74, 6) is -0.0750. The largest absolute Gasteiger partial charge is 0.486 e. The van der Waals surface area contributed by atoms with Gasteiger partial charge in [-0.25, -0.2) is 0 Å². The number of carbonyl (C=O) groups is 1. The first-order chi connectivity index (χ1) is 13.1. The number of halogens is 2. The van der Waals surface area contributed by atoms with E-state index in [-0.39, 0.29) is 28.8 Å². The summed E-state index contributed by atoms with van der Waals surface area (Å²) >= 11 is 12.4. The molecule has 0 atom stereocenters. The molecule has 0 aliphatic heterocycles. The lowest BCUT2D eigenvalue weighted by molar-refractivity contribution is 0.102. The van der Waals surface area contributed by atoms with Crippen molar-refractivity contribution in [3.8, 4) is 5.75 Å². The summed E-state index contributed by atoms with van der Waals surface area (Å²) in [5.41, 5.74) is 8.43. The van der Waals surface area contributed by atoms with Crippen molar-refractivity contribution in [3.05, 3.63) is 93.5 Å². The zero-order valence-corrected chi connectivity index (χ0v) is 15.9. The topological polar surface area (TPSA) is 64.3 Å². The number of anilines is 1. The molecule has 1 amide bonds. The molecule has 0 saturated carbocycles. The highest BCUT2D eigenvalue weighted by molar-refractivity contribution is 6.36. The minimum atomic E-state index is -0.364. The van der Waals surface area contributed by atoms with Gasteiger partial charge in [0, 0.05) is 17.3 Å². The maximum Gasteiger partial charge on any atom is 0.259 e. The predicted octanol–water partition coefficient (Wildman–Crippen LogP) is 5.28. The third-order valence-corrected chi connectivity index (χ3v) is 4.40. The van der Waals surface area contributed by atoms with E-state index in [0.717, 1.165) is 11.1 Å². The monoisotopic (exact) mass is 400 g/mol. The van der Waals surface area contributed by atoms with Crippen molar-refractivity contribution in [2.24, 2.45) is 5.73 Å².